The fourth-order valence-electron chi connectivity index (χ4n) is 1.43. The maximum atomic E-state index is 11.2. The molecule has 0 fully saturated rings. The number of amides is 1. The molecule has 0 aliphatic carbocycles. The van der Waals surface area contributed by atoms with E-state index in [0.29, 0.717) is 30.2 Å². The Hall–Kier alpha value is -1.69. The Morgan fingerprint density at radius 1 is 1.42 bits per heavy atom. The van der Waals surface area contributed by atoms with E-state index < -0.39 is 0 Å². The van der Waals surface area contributed by atoms with Crippen molar-refractivity contribution in [2.45, 2.75) is 25.2 Å². The van der Waals surface area contributed by atoms with Gasteiger partial charge in [0.05, 0.1) is 18.7 Å². The Morgan fingerprint density at radius 2 is 2.16 bits per heavy atom. The lowest BCUT2D eigenvalue weighted by molar-refractivity contribution is -0.142. The molecule has 1 aromatic carbocycles. The lowest BCUT2D eigenvalue weighted by atomic mass is 10.3. The van der Waals surface area contributed by atoms with Gasteiger partial charge in [-0.2, -0.15) is 0 Å². The first-order valence-corrected chi connectivity index (χ1v) is 6.97. The van der Waals surface area contributed by atoms with Crippen molar-refractivity contribution < 1.29 is 14.3 Å². The molecule has 6 heteroatoms. The van der Waals surface area contributed by atoms with Gasteiger partial charge < -0.3 is 15.8 Å². The third-order valence-electron chi connectivity index (χ3n) is 2.19. The van der Waals surface area contributed by atoms with Gasteiger partial charge in [-0.05, 0) is 25.1 Å². The lowest BCUT2D eigenvalue weighted by Gasteiger charge is -2.10. The number of nitrogen functional groups attached to an aromatic ring is 1. The highest BCUT2D eigenvalue weighted by molar-refractivity contribution is 7.99. The van der Waals surface area contributed by atoms with E-state index in [-0.39, 0.29) is 11.9 Å². The molecule has 3 N–H and O–H groups in total. The number of anilines is 2. The van der Waals surface area contributed by atoms with Gasteiger partial charge in [0, 0.05) is 23.3 Å². The number of thioether (sulfide) groups is 1. The Balaban J connectivity index is 2.62. The molecule has 1 aromatic rings. The van der Waals surface area contributed by atoms with Crippen LogP contribution in [0.2, 0.25) is 0 Å². The number of ether oxygens (including phenoxy) is 1. The summed E-state index contributed by atoms with van der Waals surface area (Å²) >= 11 is 1.46. The fourth-order valence-corrected chi connectivity index (χ4v) is 2.41. The Bertz CT molecular complexity index is 463. The molecule has 0 radical (unpaired) electrons. The quantitative estimate of drug-likeness (QED) is 0.475. The first-order chi connectivity index (χ1) is 9.02. The number of hydrogen-bond acceptors (Lipinski definition) is 5. The molecular formula is C13H18N2O3S. The molecular weight excluding hydrogens is 264 g/mol. The monoisotopic (exact) mass is 282 g/mol. The van der Waals surface area contributed by atoms with Gasteiger partial charge in [-0.1, -0.05) is 0 Å². The summed E-state index contributed by atoms with van der Waals surface area (Å²) in [6, 6.07) is 5.26. The molecule has 19 heavy (non-hydrogen) atoms. The van der Waals surface area contributed by atoms with Crippen molar-refractivity contribution in [1.29, 1.82) is 0 Å². The molecule has 0 atom stereocenters. The number of benzene rings is 1. The molecule has 0 unspecified atom stereocenters. The van der Waals surface area contributed by atoms with Gasteiger partial charge in [-0.15, -0.1) is 11.8 Å². The first-order valence-electron chi connectivity index (χ1n) is 5.98. The summed E-state index contributed by atoms with van der Waals surface area (Å²) in [7, 11) is 0. The van der Waals surface area contributed by atoms with Crippen LogP contribution in [0.25, 0.3) is 0 Å². The summed E-state index contributed by atoms with van der Waals surface area (Å²) < 4.78 is 4.85. The zero-order valence-electron chi connectivity index (χ0n) is 11.1. The zero-order chi connectivity index (χ0) is 14.3. The highest BCUT2D eigenvalue weighted by atomic mass is 32.2. The van der Waals surface area contributed by atoms with Crippen LogP contribution in [0.4, 0.5) is 11.4 Å². The highest BCUT2D eigenvalue weighted by Crippen LogP contribution is 2.29. The number of carbonyl (C=O) groups is 2. The highest BCUT2D eigenvalue weighted by Gasteiger charge is 2.07. The third-order valence-corrected chi connectivity index (χ3v) is 3.24. The SMILES string of the molecule is CCOC(=O)CCSc1cc(N)ccc1NC(C)=O. The summed E-state index contributed by atoms with van der Waals surface area (Å²) in [6.45, 7) is 3.61. The number of nitrogens with two attached hydrogens (primary N) is 1. The van der Waals surface area contributed by atoms with Crippen molar-refractivity contribution in [3.05, 3.63) is 18.2 Å². The second-order valence-electron chi connectivity index (χ2n) is 3.84. The average Bonchev–Trinajstić information content (AvgIpc) is 2.32. The predicted molar refractivity (Wildman–Crippen MR) is 77.1 cm³/mol. The Morgan fingerprint density at radius 3 is 2.79 bits per heavy atom. The van der Waals surface area contributed by atoms with E-state index in [1.807, 2.05) is 0 Å². The molecule has 104 valence electrons. The van der Waals surface area contributed by atoms with Crippen LogP contribution in [0.5, 0.6) is 0 Å². The van der Waals surface area contributed by atoms with E-state index in [2.05, 4.69) is 5.32 Å². The van der Waals surface area contributed by atoms with Gasteiger partial charge in [-0.3, -0.25) is 9.59 Å². The Labute approximate surface area is 116 Å². The number of rotatable bonds is 6. The van der Waals surface area contributed by atoms with Gasteiger partial charge in [0.1, 0.15) is 0 Å². The maximum absolute atomic E-state index is 11.2. The van der Waals surface area contributed by atoms with Crippen LogP contribution in [-0.2, 0) is 14.3 Å². The first kappa shape index (κ1) is 15.4. The van der Waals surface area contributed by atoms with Crippen LogP contribution in [0.15, 0.2) is 23.1 Å². The molecule has 0 heterocycles. The molecule has 0 aliphatic rings. The standard InChI is InChI=1S/C13H18N2O3S/c1-3-18-13(17)6-7-19-12-8-10(14)4-5-11(12)15-9(2)16/h4-5,8H,3,6-7,14H2,1-2H3,(H,15,16). The van der Waals surface area contributed by atoms with Crippen LogP contribution in [0.1, 0.15) is 20.3 Å². The summed E-state index contributed by atoms with van der Waals surface area (Å²) in [6.07, 6.45) is 0.326. The molecule has 0 aliphatic heterocycles. The Kier molecular flexibility index (Phi) is 6.21. The summed E-state index contributed by atoms with van der Waals surface area (Å²) in [5, 5.41) is 2.73. The summed E-state index contributed by atoms with van der Waals surface area (Å²) in [5.41, 5.74) is 7.04. The van der Waals surface area contributed by atoms with Crippen molar-refractivity contribution in [1.82, 2.24) is 0 Å². The van der Waals surface area contributed by atoms with Crippen molar-refractivity contribution in [2.24, 2.45) is 0 Å². The van der Waals surface area contributed by atoms with Crippen molar-refractivity contribution in [3.63, 3.8) is 0 Å². The van der Waals surface area contributed by atoms with Crippen LogP contribution >= 0.6 is 11.8 Å². The number of nitrogens with one attached hydrogen (secondary N) is 1. The number of esters is 1. The molecule has 5 nitrogen and oxygen atoms in total. The van der Waals surface area contributed by atoms with Crippen molar-refractivity contribution >= 4 is 35.0 Å². The topological polar surface area (TPSA) is 81.4 Å². The van der Waals surface area contributed by atoms with E-state index in [1.54, 1.807) is 25.1 Å². The van der Waals surface area contributed by atoms with Gasteiger partial charge in [0.15, 0.2) is 0 Å². The van der Waals surface area contributed by atoms with Gasteiger partial charge in [0.2, 0.25) is 5.91 Å². The molecule has 1 rings (SSSR count). The normalized spacial score (nSPS) is 10.0. The minimum atomic E-state index is -0.222. The third kappa shape index (κ3) is 5.65. The molecule has 0 bridgehead atoms. The summed E-state index contributed by atoms with van der Waals surface area (Å²) in [5.74, 6) is 0.214. The fraction of sp³-hybridized carbons (Fsp3) is 0.385. The zero-order valence-corrected chi connectivity index (χ0v) is 11.9. The molecule has 0 spiro atoms. The van der Waals surface area contributed by atoms with Crippen LogP contribution in [-0.4, -0.2) is 24.2 Å². The van der Waals surface area contributed by atoms with Crippen LogP contribution in [0, 0.1) is 0 Å². The molecule has 0 aromatic heterocycles. The maximum Gasteiger partial charge on any atom is 0.306 e. The smallest absolute Gasteiger partial charge is 0.306 e. The second-order valence-corrected chi connectivity index (χ2v) is 4.98. The van der Waals surface area contributed by atoms with Gasteiger partial charge in [0.25, 0.3) is 0 Å². The van der Waals surface area contributed by atoms with E-state index in [4.69, 9.17) is 10.5 Å². The van der Waals surface area contributed by atoms with Gasteiger partial charge >= 0.3 is 5.97 Å². The van der Waals surface area contributed by atoms with E-state index in [9.17, 15) is 9.59 Å². The number of hydrogen-bond donors (Lipinski definition) is 2. The molecule has 1 amide bonds. The molecule has 0 saturated heterocycles. The number of carbonyl (C=O) groups excluding carboxylic acids is 2. The van der Waals surface area contributed by atoms with E-state index in [1.165, 1.54) is 18.7 Å². The average molecular weight is 282 g/mol. The van der Waals surface area contributed by atoms with E-state index in [0.717, 1.165) is 4.90 Å². The lowest BCUT2D eigenvalue weighted by Crippen LogP contribution is -2.08. The van der Waals surface area contributed by atoms with Crippen LogP contribution in [0.3, 0.4) is 0 Å². The van der Waals surface area contributed by atoms with Crippen LogP contribution < -0.4 is 11.1 Å². The second kappa shape index (κ2) is 7.68. The van der Waals surface area contributed by atoms with Gasteiger partial charge in [-0.25, -0.2) is 0 Å². The minimum Gasteiger partial charge on any atom is -0.466 e. The van der Waals surface area contributed by atoms with E-state index >= 15 is 0 Å². The largest absolute Gasteiger partial charge is 0.466 e. The minimum absolute atomic E-state index is 0.142. The van der Waals surface area contributed by atoms with Crippen molar-refractivity contribution in [3.8, 4) is 0 Å². The molecule has 0 saturated carbocycles. The van der Waals surface area contributed by atoms with Crippen molar-refractivity contribution in [2.75, 3.05) is 23.4 Å². The predicted octanol–water partition coefficient (Wildman–Crippen LogP) is 2.27. The summed E-state index contributed by atoms with van der Waals surface area (Å²) in [4.78, 5) is 23.2.